The number of amides is 4. The second-order valence-corrected chi connectivity index (χ2v) is 9.18. The minimum Gasteiger partial charge on any atom is -0.463 e. The summed E-state index contributed by atoms with van der Waals surface area (Å²) < 4.78 is 44.7. The number of halogens is 3. The molecule has 0 bridgehead atoms. The molecule has 1 fully saturated rings. The first kappa shape index (κ1) is 29.3. The number of hydrogen-bond donors (Lipinski definition) is 2. The van der Waals surface area contributed by atoms with Gasteiger partial charge in [0.15, 0.2) is 0 Å². The number of nitrogens with one attached hydrogen (secondary N) is 2. The summed E-state index contributed by atoms with van der Waals surface area (Å²) in [5.74, 6) is -0.638. The van der Waals surface area contributed by atoms with Crippen LogP contribution in [0, 0.1) is 0 Å². The number of rotatable bonds is 8. The van der Waals surface area contributed by atoms with Gasteiger partial charge in [-0.15, -0.1) is 0 Å². The van der Waals surface area contributed by atoms with Gasteiger partial charge in [-0.05, 0) is 44.4 Å². The average Bonchev–Trinajstić information content (AvgIpc) is 3.12. The van der Waals surface area contributed by atoms with E-state index in [9.17, 15) is 27.6 Å². The first-order valence-corrected chi connectivity index (χ1v) is 13.0. The van der Waals surface area contributed by atoms with Gasteiger partial charge in [0.1, 0.15) is 0 Å². The molecule has 38 heavy (non-hydrogen) atoms. The summed E-state index contributed by atoms with van der Waals surface area (Å²) in [7, 11) is 0. The fourth-order valence-electron chi connectivity index (χ4n) is 4.66. The van der Waals surface area contributed by atoms with Crippen LogP contribution in [0.25, 0.3) is 0 Å². The van der Waals surface area contributed by atoms with Gasteiger partial charge in [0.05, 0.1) is 23.8 Å². The first-order valence-electron chi connectivity index (χ1n) is 13.0. The maximum Gasteiger partial charge on any atom is 0.416 e. The summed E-state index contributed by atoms with van der Waals surface area (Å²) >= 11 is 0. The van der Waals surface area contributed by atoms with Crippen molar-refractivity contribution in [2.24, 2.45) is 0 Å². The molecule has 1 aromatic carbocycles. The summed E-state index contributed by atoms with van der Waals surface area (Å²) in [6.45, 7) is 8.89. The molecule has 0 spiro atoms. The summed E-state index contributed by atoms with van der Waals surface area (Å²) in [6.07, 6.45) is -2.96. The Morgan fingerprint density at radius 1 is 1.08 bits per heavy atom. The lowest BCUT2D eigenvalue weighted by Gasteiger charge is -2.38. The van der Waals surface area contributed by atoms with Crippen molar-refractivity contribution in [3.8, 4) is 0 Å². The Kier molecular flexibility index (Phi) is 10.0. The second-order valence-electron chi connectivity index (χ2n) is 9.18. The van der Waals surface area contributed by atoms with E-state index in [-0.39, 0.29) is 31.3 Å². The van der Waals surface area contributed by atoms with E-state index < -0.39 is 29.8 Å². The third-order valence-electron chi connectivity index (χ3n) is 6.60. The topological polar surface area (TPSA) is 94.2 Å². The Hall–Kier alpha value is -3.28. The van der Waals surface area contributed by atoms with E-state index in [1.165, 1.54) is 17.0 Å². The van der Waals surface area contributed by atoms with Crippen LogP contribution in [0.1, 0.15) is 50.8 Å². The Balaban J connectivity index is 1.94. The van der Waals surface area contributed by atoms with Crippen molar-refractivity contribution < 1.29 is 32.3 Å². The van der Waals surface area contributed by atoms with Crippen LogP contribution >= 0.6 is 0 Å². The monoisotopic (exact) mass is 539 g/mol. The van der Waals surface area contributed by atoms with Gasteiger partial charge >= 0.3 is 24.2 Å². The second kappa shape index (κ2) is 13.0. The van der Waals surface area contributed by atoms with Crippen LogP contribution in [-0.2, 0) is 15.7 Å². The van der Waals surface area contributed by atoms with Crippen LogP contribution in [-0.4, -0.2) is 85.2 Å². The number of nitrogens with zero attached hydrogens (tertiary/aromatic N) is 3. The lowest BCUT2D eigenvalue weighted by Crippen LogP contribution is -2.51. The van der Waals surface area contributed by atoms with Gasteiger partial charge in [-0.25, -0.2) is 14.4 Å². The molecular weight excluding hydrogens is 503 g/mol. The lowest BCUT2D eigenvalue weighted by atomic mass is 9.93. The summed E-state index contributed by atoms with van der Waals surface area (Å²) in [6, 6.07) is 2.87. The van der Waals surface area contributed by atoms with Crippen LogP contribution in [0.3, 0.4) is 0 Å². The number of urea groups is 2. The summed E-state index contributed by atoms with van der Waals surface area (Å²) in [5, 5.41) is 5.66. The van der Waals surface area contributed by atoms with E-state index in [1.54, 1.807) is 18.7 Å². The Morgan fingerprint density at radius 3 is 2.39 bits per heavy atom. The number of carbonyl (C=O) groups is 3. The predicted molar refractivity (Wildman–Crippen MR) is 135 cm³/mol. The molecule has 1 atom stereocenters. The van der Waals surface area contributed by atoms with Crippen LogP contribution in [0.4, 0.5) is 22.8 Å². The zero-order chi connectivity index (χ0) is 27.9. The molecule has 0 radical (unpaired) electrons. The molecule has 3 rings (SSSR count). The van der Waals surface area contributed by atoms with Gasteiger partial charge in [0, 0.05) is 51.5 Å². The fourth-order valence-corrected chi connectivity index (χ4v) is 4.66. The highest BCUT2D eigenvalue weighted by Gasteiger charge is 2.39. The van der Waals surface area contributed by atoms with Crippen LogP contribution in [0.2, 0.25) is 0 Å². The average molecular weight is 540 g/mol. The quantitative estimate of drug-likeness (QED) is 0.491. The Labute approximate surface area is 221 Å². The number of likely N-dealkylation sites (N-methyl/N-ethyl adjacent to an activating group) is 1. The van der Waals surface area contributed by atoms with Crippen molar-refractivity contribution in [3.05, 3.63) is 46.7 Å². The molecule has 1 aromatic rings. The van der Waals surface area contributed by atoms with E-state index >= 15 is 0 Å². The SMILES string of the molecule is CCCNC(=O)N1CCCN(CC2=C(C(=O)OCC)[C@@H](c3ccc(C(F)(F)F)cc3)NC(=O)N2CC)CC1. The molecule has 0 aromatic heterocycles. The summed E-state index contributed by atoms with van der Waals surface area (Å²) in [4.78, 5) is 44.0. The maximum absolute atomic E-state index is 13.2. The predicted octanol–water partition coefficient (Wildman–Crippen LogP) is 3.74. The van der Waals surface area contributed by atoms with E-state index in [0.717, 1.165) is 18.6 Å². The third-order valence-corrected chi connectivity index (χ3v) is 6.60. The Morgan fingerprint density at radius 2 is 1.79 bits per heavy atom. The first-order chi connectivity index (χ1) is 18.1. The van der Waals surface area contributed by atoms with Gasteiger partial charge < -0.3 is 20.3 Å². The lowest BCUT2D eigenvalue weighted by molar-refractivity contribution is -0.139. The van der Waals surface area contributed by atoms with Crippen molar-refractivity contribution in [1.29, 1.82) is 0 Å². The zero-order valence-electron chi connectivity index (χ0n) is 22.1. The van der Waals surface area contributed by atoms with Crippen molar-refractivity contribution in [2.45, 2.75) is 45.8 Å². The zero-order valence-corrected chi connectivity index (χ0v) is 22.1. The van der Waals surface area contributed by atoms with Gasteiger partial charge in [0.2, 0.25) is 0 Å². The minimum atomic E-state index is -4.51. The highest BCUT2D eigenvalue weighted by molar-refractivity contribution is 5.95. The standard InChI is InChI=1S/C26H36F3N5O4/c1-4-12-30-24(36)33-14-7-13-32(15-16-33)17-20-21(23(35)38-6-3)22(31-25(37)34(20)5-2)18-8-10-19(11-9-18)26(27,28)29/h8-11,22H,4-7,12-17H2,1-3H3,(H,30,36)(H,31,37)/t22-/m1/s1. The van der Waals surface area contributed by atoms with Gasteiger partial charge in [-0.3, -0.25) is 9.80 Å². The number of ether oxygens (including phenoxy) is 1. The maximum atomic E-state index is 13.2. The number of alkyl halides is 3. The molecule has 0 aliphatic carbocycles. The van der Waals surface area contributed by atoms with Crippen molar-refractivity contribution in [1.82, 2.24) is 25.3 Å². The van der Waals surface area contributed by atoms with Crippen LogP contribution in [0.5, 0.6) is 0 Å². The third kappa shape index (κ3) is 6.97. The van der Waals surface area contributed by atoms with E-state index in [4.69, 9.17) is 4.74 Å². The summed E-state index contributed by atoms with van der Waals surface area (Å²) in [5.41, 5.74) is 0.160. The molecule has 12 heteroatoms. The molecule has 0 saturated carbocycles. The molecule has 2 aliphatic rings. The molecule has 2 aliphatic heterocycles. The van der Waals surface area contributed by atoms with Gasteiger partial charge in [-0.2, -0.15) is 13.2 Å². The van der Waals surface area contributed by atoms with Crippen molar-refractivity contribution in [2.75, 3.05) is 52.4 Å². The number of hydrogen-bond acceptors (Lipinski definition) is 5. The van der Waals surface area contributed by atoms with E-state index in [0.29, 0.717) is 50.4 Å². The molecular formula is C26H36F3N5O4. The van der Waals surface area contributed by atoms with Crippen molar-refractivity contribution in [3.63, 3.8) is 0 Å². The molecule has 4 amide bonds. The van der Waals surface area contributed by atoms with E-state index in [2.05, 4.69) is 15.5 Å². The molecule has 2 N–H and O–H groups in total. The number of esters is 1. The molecule has 2 heterocycles. The number of benzene rings is 1. The Bertz CT molecular complexity index is 1030. The van der Waals surface area contributed by atoms with Crippen LogP contribution < -0.4 is 10.6 Å². The largest absolute Gasteiger partial charge is 0.463 e. The molecule has 1 saturated heterocycles. The van der Waals surface area contributed by atoms with Gasteiger partial charge in [-0.1, -0.05) is 19.1 Å². The minimum absolute atomic E-state index is 0.0982. The highest BCUT2D eigenvalue weighted by Crippen LogP contribution is 2.35. The molecule has 0 unspecified atom stereocenters. The van der Waals surface area contributed by atoms with E-state index in [1.807, 2.05) is 6.92 Å². The van der Waals surface area contributed by atoms with Crippen molar-refractivity contribution >= 4 is 18.0 Å². The highest BCUT2D eigenvalue weighted by atomic mass is 19.4. The van der Waals surface area contributed by atoms with Gasteiger partial charge in [0.25, 0.3) is 0 Å². The smallest absolute Gasteiger partial charge is 0.416 e. The van der Waals surface area contributed by atoms with Crippen LogP contribution in [0.15, 0.2) is 35.5 Å². The number of carbonyl (C=O) groups excluding carboxylic acids is 3. The fraction of sp³-hybridized carbons (Fsp3) is 0.577. The molecule has 9 nitrogen and oxygen atoms in total. The molecule has 210 valence electrons. The normalized spacial score (nSPS) is 19.2.